The van der Waals surface area contributed by atoms with E-state index in [4.69, 9.17) is 14.7 Å². The number of benzene rings is 7. The van der Waals surface area contributed by atoms with Crippen molar-refractivity contribution in [2.24, 2.45) is 7.05 Å². The van der Waals surface area contributed by atoms with Crippen molar-refractivity contribution >= 4 is 61.7 Å². The quantitative estimate of drug-likeness (QED) is 0.159. The average molecular weight is 755 g/mol. The standard InChI is InChI=1S/C50H35FN4OSi/c1-54-40-22-9-8-21-39(40)53-50(54)35-16-14-15-33(31-35)48(51)34-26-27-38-42(32-34)55(46-25-12-13-30-52-46)41-28-29-45-49(47(38)41)56-43-23-10-11-24-44(43)57(45,36-17-4-2-5-18-36)37-19-6-3-7-20-37/h2-32,48H,1H3. The molecule has 5 nitrogen and oxygen atoms in total. The molecule has 4 heterocycles. The molecule has 0 fully saturated rings. The minimum atomic E-state index is -2.89. The summed E-state index contributed by atoms with van der Waals surface area (Å²) in [5.74, 6) is 3.24. The molecular formula is C50H35FN4OSi. The smallest absolute Gasteiger partial charge is 0.188 e. The van der Waals surface area contributed by atoms with E-state index in [1.807, 2.05) is 79.8 Å². The third-order valence-corrected chi connectivity index (χ3v) is 16.4. The maximum Gasteiger partial charge on any atom is 0.188 e. The minimum absolute atomic E-state index is 0.557. The molecule has 0 N–H and O–H groups in total. The molecule has 1 atom stereocenters. The number of imidazole rings is 1. The van der Waals surface area contributed by atoms with Gasteiger partial charge < -0.3 is 9.30 Å². The molecule has 1 aliphatic heterocycles. The van der Waals surface area contributed by atoms with Crippen molar-refractivity contribution in [3.63, 3.8) is 0 Å². The zero-order valence-electron chi connectivity index (χ0n) is 31.1. The lowest BCUT2D eigenvalue weighted by atomic mass is 9.99. The molecule has 1 unspecified atom stereocenters. The highest BCUT2D eigenvalue weighted by atomic mass is 28.3. The SMILES string of the molecule is Cn1c(-c2cccc(C(F)c3ccc4c5c6c(ccc5n(-c5ccccn5)c4c3)[Si](c3ccccc3)(c3ccccc3)c3ccccc3O6)c2)nc2ccccc21. The molecule has 7 aromatic carbocycles. The summed E-state index contributed by atoms with van der Waals surface area (Å²) in [6.07, 6.45) is 0.419. The average Bonchev–Trinajstić information content (AvgIpc) is 3.80. The van der Waals surface area contributed by atoms with Gasteiger partial charge in [-0.1, -0.05) is 133 Å². The summed E-state index contributed by atoms with van der Waals surface area (Å²) >= 11 is 0. The van der Waals surface area contributed by atoms with Crippen molar-refractivity contribution in [2.45, 2.75) is 6.17 Å². The highest BCUT2D eigenvalue weighted by molar-refractivity contribution is 7.20. The van der Waals surface area contributed by atoms with E-state index in [2.05, 4.69) is 118 Å². The third kappa shape index (κ3) is 4.99. The van der Waals surface area contributed by atoms with Crippen molar-refractivity contribution in [1.82, 2.24) is 19.1 Å². The van der Waals surface area contributed by atoms with Gasteiger partial charge in [-0.25, -0.2) is 14.4 Å². The second-order valence-corrected chi connectivity index (χ2v) is 18.4. The monoisotopic (exact) mass is 754 g/mol. The fraction of sp³-hybridized carbons (Fsp3) is 0.0400. The van der Waals surface area contributed by atoms with Gasteiger partial charge in [-0.3, -0.25) is 4.57 Å². The molecule has 10 aromatic rings. The van der Waals surface area contributed by atoms with Crippen LogP contribution in [0, 0.1) is 0 Å². The Morgan fingerprint density at radius 3 is 2.09 bits per heavy atom. The number of para-hydroxylation sites is 3. The van der Waals surface area contributed by atoms with Gasteiger partial charge in [-0.05, 0) is 80.4 Å². The summed E-state index contributed by atoms with van der Waals surface area (Å²) in [5, 5.41) is 6.91. The highest BCUT2D eigenvalue weighted by Gasteiger charge is 2.48. The first kappa shape index (κ1) is 33.3. The second kappa shape index (κ2) is 13.0. The van der Waals surface area contributed by atoms with Crippen LogP contribution in [0.1, 0.15) is 17.3 Å². The van der Waals surface area contributed by atoms with Crippen LogP contribution in [0.3, 0.4) is 0 Å². The molecule has 0 saturated heterocycles. The number of hydrogen-bond acceptors (Lipinski definition) is 3. The van der Waals surface area contributed by atoms with Crippen LogP contribution < -0.4 is 25.5 Å². The lowest BCUT2D eigenvalue weighted by molar-refractivity contribution is 0.402. The zero-order valence-corrected chi connectivity index (χ0v) is 32.1. The number of aromatic nitrogens is 4. The first-order chi connectivity index (χ1) is 28.1. The van der Waals surface area contributed by atoms with Gasteiger partial charge in [0.25, 0.3) is 0 Å². The second-order valence-electron chi connectivity index (χ2n) is 14.7. The van der Waals surface area contributed by atoms with Crippen LogP contribution in [0.5, 0.6) is 11.5 Å². The van der Waals surface area contributed by atoms with Gasteiger partial charge >= 0.3 is 0 Å². The molecule has 3 aromatic heterocycles. The van der Waals surface area contributed by atoms with Crippen LogP contribution in [-0.2, 0) is 7.05 Å². The van der Waals surface area contributed by atoms with Gasteiger partial charge in [0.2, 0.25) is 0 Å². The van der Waals surface area contributed by atoms with Gasteiger partial charge in [-0.2, -0.15) is 0 Å². The molecule has 0 amide bonds. The summed E-state index contributed by atoms with van der Waals surface area (Å²) < 4.78 is 28.3. The highest BCUT2D eigenvalue weighted by Crippen LogP contribution is 2.43. The third-order valence-electron chi connectivity index (χ3n) is 11.6. The molecule has 0 bridgehead atoms. The fourth-order valence-electron chi connectivity index (χ4n) is 9.10. The molecule has 0 radical (unpaired) electrons. The van der Waals surface area contributed by atoms with E-state index in [9.17, 15) is 0 Å². The molecule has 7 heteroatoms. The molecule has 0 aliphatic carbocycles. The Morgan fingerprint density at radius 2 is 1.32 bits per heavy atom. The first-order valence-electron chi connectivity index (χ1n) is 19.2. The normalized spacial score (nSPS) is 13.6. The summed E-state index contributed by atoms with van der Waals surface area (Å²) in [7, 11) is -0.887. The summed E-state index contributed by atoms with van der Waals surface area (Å²) in [5.41, 5.74) is 5.74. The van der Waals surface area contributed by atoms with Crippen molar-refractivity contribution < 1.29 is 9.13 Å². The molecular weight excluding hydrogens is 720 g/mol. The molecule has 0 spiro atoms. The summed E-state index contributed by atoms with van der Waals surface area (Å²) in [4.78, 5) is 9.71. The number of halogens is 1. The van der Waals surface area contributed by atoms with E-state index in [1.54, 1.807) is 6.20 Å². The van der Waals surface area contributed by atoms with Crippen molar-refractivity contribution in [3.8, 4) is 28.7 Å². The Balaban J connectivity index is 1.14. The van der Waals surface area contributed by atoms with Crippen molar-refractivity contribution in [1.29, 1.82) is 0 Å². The predicted octanol–water partition coefficient (Wildman–Crippen LogP) is 9.27. The topological polar surface area (TPSA) is 44.9 Å². The number of pyridine rings is 1. The Morgan fingerprint density at radius 1 is 0.596 bits per heavy atom. The predicted molar refractivity (Wildman–Crippen MR) is 231 cm³/mol. The lowest BCUT2D eigenvalue weighted by Gasteiger charge is -2.39. The maximum absolute atomic E-state index is 17.0. The number of hydrogen-bond donors (Lipinski definition) is 0. The Labute approximate surface area is 329 Å². The number of fused-ring (bicyclic) bond motifs is 7. The maximum atomic E-state index is 17.0. The Hall–Kier alpha value is -7.09. The largest absolute Gasteiger partial charge is 0.457 e. The van der Waals surface area contributed by atoms with E-state index in [-0.39, 0.29) is 0 Å². The Bertz CT molecular complexity index is 3100. The van der Waals surface area contributed by atoms with Gasteiger partial charge in [0.05, 0.1) is 27.5 Å². The van der Waals surface area contributed by atoms with E-state index in [0.717, 1.165) is 61.5 Å². The molecule has 272 valence electrons. The minimum Gasteiger partial charge on any atom is -0.457 e. The van der Waals surface area contributed by atoms with Crippen LogP contribution in [0.25, 0.3) is 50.0 Å². The number of nitrogens with zero attached hydrogens (tertiary/aromatic N) is 4. The van der Waals surface area contributed by atoms with Gasteiger partial charge in [0.15, 0.2) is 14.2 Å². The first-order valence-corrected chi connectivity index (χ1v) is 21.2. The molecule has 57 heavy (non-hydrogen) atoms. The van der Waals surface area contributed by atoms with Gasteiger partial charge in [0, 0.05) is 24.2 Å². The summed E-state index contributed by atoms with van der Waals surface area (Å²) in [6.45, 7) is 0. The number of alkyl halides is 1. The fourth-order valence-corrected chi connectivity index (χ4v) is 14.1. The van der Waals surface area contributed by atoms with E-state index < -0.39 is 14.2 Å². The van der Waals surface area contributed by atoms with Crippen molar-refractivity contribution in [3.05, 3.63) is 199 Å². The van der Waals surface area contributed by atoms with E-state index >= 15 is 4.39 Å². The van der Waals surface area contributed by atoms with Gasteiger partial charge in [-0.15, -0.1) is 0 Å². The number of rotatable bonds is 6. The molecule has 11 rings (SSSR count). The zero-order chi connectivity index (χ0) is 38.1. The van der Waals surface area contributed by atoms with Crippen LogP contribution >= 0.6 is 0 Å². The van der Waals surface area contributed by atoms with Crippen molar-refractivity contribution in [2.75, 3.05) is 0 Å². The van der Waals surface area contributed by atoms with Crippen LogP contribution in [0.15, 0.2) is 188 Å². The van der Waals surface area contributed by atoms with E-state index in [0.29, 0.717) is 11.1 Å². The summed E-state index contributed by atoms with van der Waals surface area (Å²) in [6, 6.07) is 62.4. The van der Waals surface area contributed by atoms with Gasteiger partial charge in [0.1, 0.15) is 23.1 Å². The Kier molecular flexibility index (Phi) is 7.59. The van der Waals surface area contributed by atoms with Crippen LogP contribution in [-0.4, -0.2) is 27.2 Å². The number of ether oxygens (including phenoxy) is 1. The molecule has 0 saturated carbocycles. The van der Waals surface area contributed by atoms with Crippen LogP contribution in [0.4, 0.5) is 4.39 Å². The van der Waals surface area contributed by atoms with Crippen LogP contribution in [0.2, 0.25) is 0 Å². The molecule has 1 aliphatic rings. The lowest BCUT2D eigenvalue weighted by Crippen LogP contribution is -2.76. The van der Waals surface area contributed by atoms with E-state index in [1.165, 1.54) is 20.7 Å². The number of aryl methyl sites for hydroxylation is 1.